The normalized spacial score (nSPS) is 11.9. The van der Waals surface area contributed by atoms with Gasteiger partial charge in [-0.3, -0.25) is 14.3 Å². The molecular formula is C29H28N6O2. The number of aryl methyl sites for hydroxylation is 2. The van der Waals surface area contributed by atoms with Crippen LogP contribution < -0.4 is 10.6 Å². The number of hydrogen-bond acceptors (Lipinski definition) is 4. The lowest BCUT2D eigenvalue weighted by Gasteiger charge is -2.19. The summed E-state index contributed by atoms with van der Waals surface area (Å²) in [6.45, 7) is 4.24. The van der Waals surface area contributed by atoms with Gasteiger partial charge in [-0.1, -0.05) is 36.4 Å². The Morgan fingerprint density at radius 3 is 2.62 bits per heavy atom. The number of aromatic amines is 1. The van der Waals surface area contributed by atoms with E-state index < -0.39 is 0 Å². The number of aromatic nitrogens is 4. The molecule has 2 aromatic heterocycles. The molecule has 3 aromatic carbocycles. The van der Waals surface area contributed by atoms with E-state index in [1.807, 2.05) is 57.6 Å². The van der Waals surface area contributed by atoms with Crippen LogP contribution in [0.5, 0.6) is 0 Å². The Kier molecular flexibility index (Phi) is 6.55. The fraction of sp³-hybridized carbons (Fsp3) is 0.172. The van der Waals surface area contributed by atoms with E-state index in [0.29, 0.717) is 12.1 Å². The first-order chi connectivity index (χ1) is 17.9. The predicted molar refractivity (Wildman–Crippen MR) is 143 cm³/mol. The van der Waals surface area contributed by atoms with E-state index in [1.165, 1.54) is 6.20 Å². The number of nitrogens with zero attached hydrogens (tertiary/aromatic N) is 3. The molecular weight excluding hydrogens is 464 g/mol. The summed E-state index contributed by atoms with van der Waals surface area (Å²) in [6, 6.07) is 17.8. The van der Waals surface area contributed by atoms with E-state index in [9.17, 15) is 9.59 Å². The first kappa shape index (κ1) is 24.0. The van der Waals surface area contributed by atoms with Crippen LogP contribution in [0.15, 0.2) is 79.4 Å². The Morgan fingerprint density at radius 1 is 1.05 bits per heavy atom. The molecule has 0 saturated heterocycles. The number of carbonyl (C=O) groups is 2. The van der Waals surface area contributed by atoms with Crippen molar-refractivity contribution in [2.24, 2.45) is 7.05 Å². The van der Waals surface area contributed by atoms with Crippen LogP contribution >= 0.6 is 0 Å². The third-order valence-corrected chi connectivity index (χ3v) is 6.45. The average Bonchev–Trinajstić information content (AvgIpc) is 3.59. The van der Waals surface area contributed by atoms with Gasteiger partial charge in [0, 0.05) is 43.3 Å². The van der Waals surface area contributed by atoms with Crippen LogP contribution in [0.25, 0.3) is 21.9 Å². The minimum absolute atomic E-state index is 0.146. The molecule has 0 spiro atoms. The highest BCUT2D eigenvalue weighted by Gasteiger charge is 2.17. The molecule has 0 aliphatic rings. The van der Waals surface area contributed by atoms with Crippen LogP contribution in [0, 0.1) is 6.92 Å². The summed E-state index contributed by atoms with van der Waals surface area (Å²) in [5.74, 6) is -0.159. The van der Waals surface area contributed by atoms with Gasteiger partial charge >= 0.3 is 0 Å². The molecule has 5 rings (SSSR count). The highest BCUT2D eigenvalue weighted by molar-refractivity contribution is 5.97. The molecule has 1 atom stereocenters. The second-order valence-corrected chi connectivity index (χ2v) is 9.15. The van der Waals surface area contributed by atoms with E-state index in [-0.39, 0.29) is 23.7 Å². The lowest BCUT2D eigenvalue weighted by atomic mass is 9.94. The number of hydrogen-bond donors (Lipinski definition) is 3. The van der Waals surface area contributed by atoms with Crippen LogP contribution in [0.4, 0.5) is 0 Å². The molecule has 37 heavy (non-hydrogen) atoms. The van der Waals surface area contributed by atoms with Gasteiger partial charge in [0.1, 0.15) is 0 Å². The fourth-order valence-corrected chi connectivity index (χ4v) is 4.53. The smallest absolute Gasteiger partial charge is 0.287 e. The number of fused-ring (bicyclic) bond motifs is 1. The maximum absolute atomic E-state index is 13.3. The van der Waals surface area contributed by atoms with Crippen LogP contribution in [0.1, 0.15) is 50.6 Å². The highest BCUT2D eigenvalue weighted by atomic mass is 16.2. The minimum Gasteiger partial charge on any atom is -0.345 e. The summed E-state index contributed by atoms with van der Waals surface area (Å²) in [7, 11) is 1.90. The third kappa shape index (κ3) is 5.13. The van der Waals surface area contributed by atoms with E-state index in [0.717, 1.165) is 38.6 Å². The number of rotatable bonds is 7. The van der Waals surface area contributed by atoms with E-state index in [1.54, 1.807) is 16.9 Å². The van der Waals surface area contributed by atoms with Crippen molar-refractivity contribution in [2.75, 3.05) is 0 Å². The second-order valence-electron chi connectivity index (χ2n) is 9.15. The van der Waals surface area contributed by atoms with Crippen molar-refractivity contribution >= 4 is 22.6 Å². The Bertz CT molecular complexity index is 1590. The predicted octanol–water partition coefficient (Wildman–Crippen LogP) is 4.69. The van der Waals surface area contributed by atoms with Crippen molar-refractivity contribution < 1.29 is 9.59 Å². The molecule has 2 amide bonds. The molecule has 1 unspecified atom stereocenters. The lowest BCUT2D eigenvalue weighted by Crippen LogP contribution is -2.28. The second kappa shape index (κ2) is 10.1. The van der Waals surface area contributed by atoms with Gasteiger partial charge in [0.2, 0.25) is 0 Å². The summed E-state index contributed by atoms with van der Waals surface area (Å²) in [5, 5.41) is 12.5. The molecule has 8 nitrogen and oxygen atoms in total. The van der Waals surface area contributed by atoms with Crippen LogP contribution in [0.2, 0.25) is 0 Å². The van der Waals surface area contributed by atoms with Crippen molar-refractivity contribution in [3.8, 4) is 11.1 Å². The third-order valence-electron chi connectivity index (χ3n) is 6.45. The van der Waals surface area contributed by atoms with Gasteiger partial charge < -0.3 is 15.6 Å². The lowest BCUT2D eigenvalue weighted by molar-refractivity contribution is 0.0931. The SMILES string of the molecule is Cc1cc(CNC(=O)c2ncc[nH]2)ccc1C(=O)NC(C)c1cc(-c2cnn(C)c2)cc2ccccc12. The Morgan fingerprint density at radius 2 is 1.89 bits per heavy atom. The molecule has 186 valence electrons. The molecule has 8 heteroatoms. The zero-order chi connectivity index (χ0) is 25.9. The summed E-state index contributed by atoms with van der Waals surface area (Å²) in [6.07, 6.45) is 6.97. The molecule has 0 radical (unpaired) electrons. The first-order valence-electron chi connectivity index (χ1n) is 12.1. The van der Waals surface area contributed by atoms with Gasteiger partial charge in [0.05, 0.1) is 12.2 Å². The Balaban J connectivity index is 1.34. The number of benzene rings is 3. The van der Waals surface area contributed by atoms with Gasteiger partial charge in [0.15, 0.2) is 5.82 Å². The monoisotopic (exact) mass is 492 g/mol. The first-order valence-corrected chi connectivity index (χ1v) is 12.1. The largest absolute Gasteiger partial charge is 0.345 e. The van der Waals surface area contributed by atoms with Crippen molar-refractivity contribution in [1.82, 2.24) is 30.4 Å². The van der Waals surface area contributed by atoms with Crippen LogP contribution in [0.3, 0.4) is 0 Å². The maximum Gasteiger partial charge on any atom is 0.287 e. The molecule has 0 saturated carbocycles. The Labute approximate surface area is 214 Å². The molecule has 0 aliphatic heterocycles. The van der Waals surface area contributed by atoms with Gasteiger partial charge in [-0.25, -0.2) is 4.98 Å². The maximum atomic E-state index is 13.3. The fourth-order valence-electron chi connectivity index (χ4n) is 4.53. The topological polar surface area (TPSA) is 105 Å². The summed E-state index contributed by atoms with van der Waals surface area (Å²) in [5.41, 5.74) is 5.46. The molecule has 0 bridgehead atoms. The van der Waals surface area contributed by atoms with Gasteiger partial charge in [0.25, 0.3) is 11.8 Å². The van der Waals surface area contributed by atoms with Gasteiger partial charge in [-0.05, 0) is 65.1 Å². The molecule has 0 fully saturated rings. The zero-order valence-corrected chi connectivity index (χ0v) is 20.9. The number of amides is 2. The minimum atomic E-state index is -0.279. The van der Waals surface area contributed by atoms with Crippen molar-refractivity contribution in [3.05, 3.63) is 107 Å². The van der Waals surface area contributed by atoms with Crippen molar-refractivity contribution in [2.45, 2.75) is 26.4 Å². The average molecular weight is 493 g/mol. The standard InChI is InChI=1S/C29H28N6O2/c1-18-12-20(15-32-29(37)27-30-10-11-31-27)8-9-24(18)28(36)34-19(2)26-14-22(23-16-33-35(3)17-23)13-21-6-4-5-7-25(21)26/h4-14,16-17,19H,15H2,1-3H3,(H,30,31)(H,32,37)(H,34,36). The van der Waals surface area contributed by atoms with E-state index in [2.05, 4.69) is 50.0 Å². The number of H-pyrrole nitrogens is 1. The molecule has 0 aliphatic carbocycles. The summed E-state index contributed by atoms with van der Waals surface area (Å²) < 4.78 is 1.78. The van der Waals surface area contributed by atoms with E-state index in [4.69, 9.17) is 0 Å². The van der Waals surface area contributed by atoms with E-state index >= 15 is 0 Å². The van der Waals surface area contributed by atoms with Gasteiger partial charge in [-0.2, -0.15) is 5.10 Å². The van der Waals surface area contributed by atoms with Crippen molar-refractivity contribution in [3.63, 3.8) is 0 Å². The summed E-state index contributed by atoms with van der Waals surface area (Å²) in [4.78, 5) is 32.1. The highest BCUT2D eigenvalue weighted by Crippen LogP contribution is 2.31. The molecule has 2 heterocycles. The quantitative estimate of drug-likeness (QED) is 0.306. The molecule has 3 N–H and O–H groups in total. The van der Waals surface area contributed by atoms with Gasteiger partial charge in [-0.15, -0.1) is 0 Å². The summed E-state index contributed by atoms with van der Waals surface area (Å²) >= 11 is 0. The number of imidazole rings is 1. The number of nitrogens with one attached hydrogen (secondary N) is 3. The molecule has 5 aromatic rings. The Hall–Kier alpha value is -4.72. The van der Waals surface area contributed by atoms with Crippen molar-refractivity contribution in [1.29, 1.82) is 0 Å². The van der Waals surface area contributed by atoms with Crippen LogP contribution in [-0.2, 0) is 13.6 Å². The zero-order valence-electron chi connectivity index (χ0n) is 20.9. The number of carbonyl (C=O) groups excluding carboxylic acids is 2. The van der Waals surface area contributed by atoms with Crippen LogP contribution in [-0.4, -0.2) is 31.6 Å².